The number of rotatable bonds is 11. The second kappa shape index (κ2) is 12.0. The highest BCUT2D eigenvalue weighted by Crippen LogP contribution is 2.26. The third-order valence-electron chi connectivity index (χ3n) is 4.81. The second-order valence-corrected chi connectivity index (χ2v) is 8.26. The summed E-state index contributed by atoms with van der Waals surface area (Å²) in [5.74, 6) is 1.93. The van der Waals surface area contributed by atoms with E-state index in [1.54, 1.807) is 25.4 Å². The summed E-state index contributed by atoms with van der Waals surface area (Å²) in [6.45, 7) is 0.342. The fourth-order valence-electron chi connectivity index (χ4n) is 3.16. The van der Waals surface area contributed by atoms with Crippen LogP contribution in [0, 0.1) is 0 Å². The molecule has 0 fully saturated rings. The predicted molar refractivity (Wildman–Crippen MR) is 125 cm³/mol. The maximum absolute atomic E-state index is 11.7. The molecule has 1 heterocycles. The highest BCUT2D eigenvalue weighted by molar-refractivity contribution is 7.82. The number of hydrogen-bond acceptors (Lipinski definition) is 7. The van der Waals surface area contributed by atoms with Gasteiger partial charge >= 0.3 is 5.97 Å². The standard InChI is InChI=1S/C24H26N2O6S/c1-29-23-14-22(10-11-26-23)32-21-5-3-4-17(12-21)15-31-20-8-6-18(7-9-20)19(16-33(25)28)13-24(27)30-2/h3-12,14,19H,13,15-16,25H2,1-2H3. The third kappa shape index (κ3) is 7.58. The molecule has 174 valence electrons. The molecule has 2 aromatic carbocycles. The minimum absolute atomic E-state index is 0.107. The Morgan fingerprint density at radius 3 is 2.48 bits per heavy atom. The molecule has 33 heavy (non-hydrogen) atoms. The summed E-state index contributed by atoms with van der Waals surface area (Å²) in [5.41, 5.74) is 1.77. The Morgan fingerprint density at radius 2 is 1.79 bits per heavy atom. The van der Waals surface area contributed by atoms with Crippen molar-refractivity contribution in [1.29, 1.82) is 0 Å². The van der Waals surface area contributed by atoms with E-state index >= 15 is 0 Å². The van der Waals surface area contributed by atoms with E-state index in [4.69, 9.17) is 24.1 Å². The number of benzene rings is 2. The van der Waals surface area contributed by atoms with Crippen molar-refractivity contribution in [3.8, 4) is 23.1 Å². The molecule has 0 aliphatic carbocycles. The fourth-order valence-corrected chi connectivity index (χ4v) is 3.87. The van der Waals surface area contributed by atoms with Crippen molar-refractivity contribution in [3.63, 3.8) is 0 Å². The Kier molecular flexibility index (Phi) is 8.79. The molecule has 1 aromatic heterocycles. The van der Waals surface area contributed by atoms with Crippen LogP contribution in [0.1, 0.15) is 23.5 Å². The summed E-state index contributed by atoms with van der Waals surface area (Å²) in [4.78, 5) is 15.7. The number of aromatic nitrogens is 1. The predicted octanol–water partition coefficient (Wildman–Crippen LogP) is 3.73. The molecule has 0 spiro atoms. The summed E-state index contributed by atoms with van der Waals surface area (Å²) < 4.78 is 33.1. The first-order valence-corrected chi connectivity index (χ1v) is 11.5. The van der Waals surface area contributed by atoms with Crippen LogP contribution in [0.2, 0.25) is 0 Å². The Bertz CT molecular complexity index is 1090. The zero-order valence-electron chi connectivity index (χ0n) is 18.4. The molecule has 0 amide bonds. The van der Waals surface area contributed by atoms with Crippen molar-refractivity contribution in [3.05, 3.63) is 78.0 Å². The topological polar surface area (TPSA) is 110 Å². The van der Waals surface area contributed by atoms with Gasteiger partial charge in [0.15, 0.2) is 0 Å². The molecule has 0 radical (unpaired) electrons. The summed E-state index contributed by atoms with van der Waals surface area (Å²) in [6.07, 6.45) is 1.72. The lowest BCUT2D eigenvalue weighted by atomic mass is 9.97. The van der Waals surface area contributed by atoms with E-state index in [1.807, 2.05) is 48.5 Å². The van der Waals surface area contributed by atoms with Gasteiger partial charge in [0.25, 0.3) is 0 Å². The average molecular weight is 471 g/mol. The van der Waals surface area contributed by atoms with Crippen LogP contribution < -0.4 is 19.3 Å². The van der Waals surface area contributed by atoms with Crippen molar-refractivity contribution >= 4 is 17.0 Å². The van der Waals surface area contributed by atoms with Crippen molar-refractivity contribution in [1.82, 2.24) is 4.98 Å². The first-order valence-electron chi connectivity index (χ1n) is 10.2. The summed E-state index contributed by atoms with van der Waals surface area (Å²) in [6, 6.07) is 18.3. The van der Waals surface area contributed by atoms with Crippen molar-refractivity contribution in [2.45, 2.75) is 18.9 Å². The highest BCUT2D eigenvalue weighted by Gasteiger charge is 2.18. The molecule has 2 unspecified atom stereocenters. The van der Waals surface area contributed by atoms with Gasteiger partial charge < -0.3 is 18.9 Å². The van der Waals surface area contributed by atoms with Gasteiger partial charge in [0.1, 0.15) is 23.9 Å². The molecule has 9 heteroatoms. The quantitative estimate of drug-likeness (QED) is 0.425. The maximum Gasteiger partial charge on any atom is 0.306 e. The van der Waals surface area contributed by atoms with Crippen molar-refractivity contribution in [2.24, 2.45) is 5.14 Å². The molecular weight excluding hydrogens is 444 g/mol. The maximum atomic E-state index is 11.7. The van der Waals surface area contributed by atoms with Gasteiger partial charge in [-0.15, -0.1) is 0 Å². The molecule has 0 aliphatic heterocycles. The molecule has 0 saturated heterocycles. The Morgan fingerprint density at radius 1 is 1.03 bits per heavy atom. The molecule has 8 nitrogen and oxygen atoms in total. The fraction of sp³-hybridized carbons (Fsp3) is 0.250. The molecule has 3 rings (SSSR count). The normalized spacial score (nSPS) is 12.5. The van der Waals surface area contributed by atoms with E-state index in [0.29, 0.717) is 29.7 Å². The van der Waals surface area contributed by atoms with E-state index in [-0.39, 0.29) is 24.1 Å². The number of methoxy groups -OCH3 is 2. The number of esters is 1. The zero-order valence-corrected chi connectivity index (χ0v) is 19.2. The third-order valence-corrected chi connectivity index (χ3v) is 5.54. The Labute approximate surface area is 195 Å². The van der Waals surface area contributed by atoms with Crippen LogP contribution in [0.5, 0.6) is 23.1 Å². The number of pyridine rings is 1. The van der Waals surface area contributed by atoms with Crippen LogP contribution in [-0.4, -0.2) is 35.1 Å². The molecule has 0 aliphatic rings. The Balaban J connectivity index is 1.62. The highest BCUT2D eigenvalue weighted by atomic mass is 32.2. The van der Waals surface area contributed by atoms with E-state index in [0.717, 1.165) is 11.1 Å². The SMILES string of the molecule is COC(=O)CC(CS(N)=O)c1ccc(OCc2cccc(Oc3ccnc(OC)c3)c2)cc1. The van der Waals surface area contributed by atoms with Crippen molar-refractivity contribution < 1.29 is 28.0 Å². The zero-order chi connectivity index (χ0) is 23.6. The summed E-state index contributed by atoms with van der Waals surface area (Å²) in [7, 11) is 1.34. The minimum atomic E-state index is -1.53. The van der Waals surface area contributed by atoms with Gasteiger partial charge in [0.2, 0.25) is 5.88 Å². The first-order chi connectivity index (χ1) is 16.0. The summed E-state index contributed by atoms with van der Waals surface area (Å²) in [5, 5.41) is 5.44. The number of nitrogens with two attached hydrogens (primary N) is 1. The van der Waals surface area contributed by atoms with Gasteiger partial charge in [-0.3, -0.25) is 9.93 Å². The largest absolute Gasteiger partial charge is 0.489 e. The smallest absolute Gasteiger partial charge is 0.306 e. The average Bonchev–Trinajstić information content (AvgIpc) is 2.82. The van der Waals surface area contributed by atoms with Gasteiger partial charge in [-0.2, -0.15) is 0 Å². The van der Waals surface area contributed by atoms with Crippen molar-refractivity contribution in [2.75, 3.05) is 20.0 Å². The number of nitrogens with zero attached hydrogens (tertiary/aromatic N) is 1. The van der Waals surface area contributed by atoms with Crippen LogP contribution in [0.15, 0.2) is 66.9 Å². The van der Waals surface area contributed by atoms with E-state index in [1.165, 1.54) is 7.11 Å². The number of ether oxygens (including phenoxy) is 4. The molecule has 0 saturated carbocycles. The van der Waals surface area contributed by atoms with Crippen LogP contribution in [0.3, 0.4) is 0 Å². The van der Waals surface area contributed by atoms with E-state index in [9.17, 15) is 9.00 Å². The minimum Gasteiger partial charge on any atom is -0.489 e. The number of carbonyl (C=O) groups is 1. The summed E-state index contributed by atoms with van der Waals surface area (Å²) >= 11 is 0. The van der Waals surface area contributed by atoms with Crippen LogP contribution in [0.25, 0.3) is 0 Å². The van der Waals surface area contributed by atoms with Gasteiger partial charge in [-0.25, -0.2) is 9.19 Å². The molecule has 2 atom stereocenters. The monoisotopic (exact) mass is 470 g/mol. The van der Waals surface area contributed by atoms with Crippen LogP contribution >= 0.6 is 0 Å². The Hall–Kier alpha value is -3.43. The lowest BCUT2D eigenvalue weighted by molar-refractivity contribution is -0.140. The van der Waals surface area contributed by atoms with Gasteiger partial charge in [-0.05, 0) is 41.5 Å². The molecule has 0 bridgehead atoms. The lowest BCUT2D eigenvalue weighted by Gasteiger charge is -2.15. The van der Waals surface area contributed by atoms with Crippen LogP contribution in [0.4, 0.5) is 0 Å². The van der Waals surface area contributed by atoms with Gasteiger partial charge in [0.05, 0.1) is 31.6 Å². The van der Waals surface area contributed by atoms with Gasteiger partial charge in [0, 0.05) is 23.9 Å². The van der Waals surface area contributed by atoms with Crippen LogP contribution in [-0.2, 0) is 27.1 Å². The first kappa shape index (κ1) is 24.2. The molecule has 3 aromatic rings. The van der Waals surface area contributed by atoms with E-state index < -0.39 is 11.0 Å². The lowest BCUT2D eigenvalue weighted by Crippen LogP contribution is -2.19. The van der Waals surface area contributed by atoms with E-state index in [2.05, 4.69) is 4.98 Å². The molecule has 2 N–H and O–H groups in total. The molecular formula is C24H26N2O6S. The second-order valence-electron chi connectivity index (χ2n) is 7.17. The number of carbonyl (C=O) groups excluding carboxylic acids is 1. The number of hydrogen-bond donors (Lipinski definition) is 1. The van der Waals surface area contributed by atoms with Gasteiger partial charge in [-0.1, -0.05) is 24.3 Å².